The number of hydrogen-bond acceptors (Lipinski definition) is 2. The van der Waals surface area contributed by atoms with Gasteiger partial charge in [0.15, 0.2) is 5.96 Å². The van der Waals surface area contributed by atoms with Crippen LogP contribution in [0.4, 0.5) is 13.2 Å². The summed E-state index contributed by atoms with van der Waals surface area (Å²) in [7, 11) is 1.69. The second kappa shape index (κ2) is 10.0. The maximum Gasteiger partial charge on any atom is 0.401 e. The molecule has 0 aromatic rings. The molecule has 2 atom stereocenters. The van der Waals surface area contributed by atoms with E-state index in [2.05, 4.69) is 43.3 Å². The molecule has 1 heterocycles. The Hall–Kier alpha value is -0.250. The zero-order valence-electron chi connectivity index (χ0n) is 15.3. The summed E-state index contributed by atoms with van der Waals surface area (Å²) in [6.45, 7) is 8.76. The molecular weight excluding hydrogens is 432 g/mol. The second-order valence-electron chi connectivity index (χ2n) is 7.70. The first kappa shape index (κ1) is 23.8. The highest BCUT2D eigenvalue weighted by atomic mass is 127. The molecule has 1 saturated heterocycles. The van der Waals surface area contributed by atoms with Gasteiger partial charge in [0.25, 0.3) is 0 Å². The first-order valence-electron chi connectivity index (χ1n) is 8.27. The van der Waals surface area contributed by atoms with E-state index in [1.807, 2.05) is 0 Å². The van der Waals surface area contributed by atoms with Gasteiger partial charge in [0.1, 0.15) is 0 Å². The highest BCUT2D eigenvalue weighted by Crippen LogP contribution is 2.22. The fourth-order valence-corrected chi connectivity index (χ4v) is 2.67. The lowest BCUT2D eigenvalue weighted by atomic mass is 9.89. The van der Waals surface area contributed by atoms with Gasteiger partial charge in [-0.15, -0.1) is 24.0 Å². The lowest BCUT2D eigenvalue weighted by molar-refractivity contribution is -0.143. The number of alkyl halides is 3. The normalized spacial score (nSPS) is 21.3. The Morgan fingerprint density at radius 1 is 1.29 bits per heavy atom. The van der Waals surface area contributed by atoms with Gasteiger partial charge in [-0.1, -0.05) is 20.8 Å². The fourth-order valence-electron chi connectivity index (χ4n) is 2.67. The molecule has 4 nitrogen and oxygen atoms in total. The van der Waals surface area contributed by atoms with Crippen molar-refractivity contribution in [1.29, 1.82) is 0 Å². The number of aliphatic imine (C=N–C) groups is 1. The van der Waals surface area contributed by atoms with Crippen LogP contribution in [-0.4, -0.2) is 55.8 Å². The zero-order chi connectivity index (χ0) is 17.7. The van der Waals surface area contributed by atoms with Crippen LogP contribution in [0.1, 0.15) is 47.0 Å². The number of rotatable bonds is 5. The molecule has 1 rings (SSSR count). The Kier molecular flexibility index (Phi) is 9.93. The molecule has 0 aromatic heterocycles. The minimum atomic E-state index is -4.13. The molecule has 24 heavy (non-hydrogen) atoms. The highest BCUT2D eigenvalue weighted by molar-refractivity contribution is 14.0. The van der Waals surface area contributed by atoms with Gasteiger partial charge >= 0.3 is 6.18 Å². The predicted molar refractivity (Wildman–Crippen MR) is 104 cm³/mol. The van der Waals surface area contributed by atoms with Crippen LogP contribution < -0.4 is 10.6 Å². The van der Waals surface area contributed by atoms with Gasteiger partial charge in [-0.25, -0.2) is 0 Å². The van der Waals surface area contributed by atoms with E-state index in [4.69, 9.17) is 0 Å². The van der Waals surface area contributed by atoms with Crippen LogP contribution in [0.2, 0.25) is 0 Å². The lowest BCUT2D eigenvalue weighted by Crippen LogP contribution is -2.48. The largest absolute Gasteiger partial charge is 0.401 e. The molecule has 8 heteroatoms. The van der Waals surface area contributed by atoms with Crippen LogP contribution in [0.15, 0.2) is 4.99 Å². The van der Waals surface area contributed by atoms with Crippen molar-refractivity contribution in [2.75, 3.05) is 26.7 Å². The van der Waals surface area contributed by atoms with Crippen molar-refractivity contribution < 1.29 is 13.2 Å². The summed E-state index contributed by atoms with van der Waals surface area (Å²) >= 11 is 0. The van der Waals surface area contributed by atoms with Gasteiger partial charge in [-0.2, -0.15) is 13.2 Å². The molecule has 0 bridgehead atoms. The van der Waals surface area contributed by atoms with Crippen LogP contribution in [0.25, 0.3) is 0 Å². The number of nitrogens with one attached hydrogen (secondary N) is 2. The second-order valence-corrected chi connectivity index (χ2v) is 7.70. The summed E-state index contributed by atoms with van der Waals surface area (Å²) < 4.78 is 37.3. The monoisotopic (exact) mass is 464 g/mol. The molecule has 2 N–H and O–H groups in total. The van der Waals surface area contributed by atoms with Crippen molar-refractivity contribution in [1.82, 2.24) is 15.5 Å². The van der Waals surface area contributed by atoms with E-state index < -0.39 is 12.7 Å². The van der Waals surface area contributed by atoms with Crippen LogP contribution in [0, 0.1) is 5.41 Å². The molecular formula is C16H32F3IN4. The van der Waals surface area contributed by atoms with Crippen molar-refractivity contribution in [3.05, 3.63) is 0 Å². The molecule has 1 fully saturated rings. The number of guanidine groups is 1. The van der Waals surface area contributed by atoms with Gasteiger partial charge < -0.3 is 10.6 Å². The van der Waals surface area contributed by atoms with Crippen LogP contribution in [0.3, 0.4) is 0 Å². The molecule has 144 valence electrons. The average molecular weight is 464 g/mol. The van der Waals surface area contributed by atoms with E-state index in [1.54, 1.807) is 7.05 Å². The average Bonchev–Trinajstić information content (AvgIpc) is 2.79. The van der Waals surface area contributed by atoms with Gasteiger partial charge in [-0.3, -0.25) is 9.89 Å². The smallest absolute Gasteiger partial charge is 0.354 e. The Morgan fingerprint density at radius 2 is 1.92 bits per heavy atom. The van der Waals surface area contributed by atoms with E-state index >= 15 is 0 Å². The van der Waals surface area contributed by atoms with Crippen molar-refractivity contribution >= 4 is 29.9 Å². The minimum absolute atomic E-state index is 0. The van der Waals surface area contributed by atoms with E-state index in [9.17, 15) is 13.2 Å². The molecule has 0 amide bonds. The van der Waals surface area contributed by atoms with Gasteiger partial charge in [0.2, 0.25) is 0 Å². The van der Waals surface area contributed by atoms with Crippen LogP contribution in [0.5, 0.6) is 0 Å². The summed E-state index contributed by atoms with van der Waals surface area (Å²) in [6.07, 6.45) is -1.31. The number of halogens is 4. The highest BCUT2D eigenvalue weighted by Gasteiger charge is 2.34. The van der Waals surface area contributed by atoms with E-state index in [1.165, 1.54) is 4.90 Å². The number of nitrogens with zero attached hydrogens (tertiary/aromatic N) is 2. The minimum Gasteiger partial charge on any atom is -0.354 e. The topological polar surface area (TPSA) is 39.7 Å². The molecule has 0 spiro atoms. The van der Waals surface area contributed by atoms with Crippen LogP contribution in [-0.2, 0) is 0 Å². The van der Waals surface area contributed by atoms with Gasteiger partial charge in [0.05, 0.1) is 6.54 Å². The fraction of sp³-hybridized carbons (Fsp3) is 0.938. The number of likely N-dealkylation sites (tertiary alicyclic amines) is 1. The van der Waals surface area contributed by atoms with Crippen molar-refractivity contribution in [3.8, 4) is 0 Å². The first-order valence-corrected chi connectivity index (χ1v) is 8.27. The van der Waals surface area contributed by atoms with Crippen molar-refractivity contribution in [3.63, 3.8) is 0 Å². The Morgan fingerprint density at radius 3 is 2.42 bits per heavy atom. The van der Waals surface area contributed by atoms with Gasteiger partial charge in [0, 0.05) is 32.2 Å². The molecule has 1 aliphatic heterocycles. The third-order valence-corrected chi connectivity index (χ3v) is 3.95. The standard InChI is InChI=1S/C16H31F3N4.HI/c1-12(6-8-15(2,3)4)21-14(20-5)22-13-7-9-23(10-13)11-16(17,18)19;/h12-13H,6-11H2,1-5H3,(H2,20,21,22);1H. The summed E-state index contributed by atoms with van der Waals surface area (Å²) in [5.74, 6) is 0.672. The predicted octanol–water partition coefficient (Wildman–Crippen LogP) is 3.62. The maximum atomic E-state index is 12.4. The Labute approximate surface area is 161 Å². The lowest BCUT2D eigenvalue weighted by Gasteiger charge is -2.24. The van der Waals surface area contributed by atoms with E-state index in [0.29, 0.717) is 25.5 Å². The Balaban J connectivity index is 0.00000529. The maximum absolute atomic E-state index is 12.4. The van der Waals surface area contributed by atoms with Crippen LogP contribution >= 0.6 is 24.0 Å². The molecule has 0 saturated carbocycles. The van der Waals surface area contributed by atoms with Crippen molar-refractivity contribution in [2.45, 2.75) is 65.2 Å². The molecule has 0 radical (unpaired) electrons. The third kappa shape index (κ3) is 10.6. The molecule has 0 aliphatic carbocycles. The SMILES string of the molecule is CN=C(NC(C)CCC(C)(C)C)NC1CCN(CC(F)(F)F)C1.I. The number of hydrogen-bond donors (Lipinski definition) is 2. The summed E-state index contributed by atoms with van der Waals surface area (Å²) in [4.78, 5) is 5.63. The molecule has 0 aromatic carbocycles. The van der Waals surface area contributed by atoms with Crippen molar-refractivity contribution in [2.24, 2.45) is 10.4 Å². The Bertz CT molecular complexity index is 394. The quantitative estimate of drug-likeness (QED) is 0.371. The third-order valence-electron chi connectivity index (χ3n) is 3.95. The van der Waals surface area contributed by atoms with E-state index in [-0.39, 0.29) is 41.5 Å². The molecule has 1 aliphatic rings. The molecule has 2 unspecified atom stereocenters. The zero-order valence-corrected chi connectivity index (χ0v) is 17.7. The summed E-state index contributed by atoms with van der Waals surface area (Å²) in [6, 6.07) is 0.284. The van der Waals surface area contributed by atoms with Gasteiger partial charge in [-0.05, 0) is 31.6 Å². The summed E-state index contributed by atoms with van der Waals surface area (Å²) in [5.41, 5.74) is 0.288. The van der Waals surface area contributed by atoms with E-state index in [0.717, 1.165) is 12.8 Å². The first-order chi connectivity index (χ1) is 10.5. The summed E-state index contributed by atoms with van der Waals surface area (Å²) in [5, 5.41) is 6.57.